The molecule has 0 radical (unpaired) electrons. The van der Waals surface area contributed by atoms with Crippen LogP contribution in [-0.2, 0) is 12.3 Å². The predicted octanol–water partition coefficient (Wildman–Crippen LogP) is 4.70. The van der Waals surface area contributed by atoms with Crippen molar-refractivity contribution in [3.8, 4) is 17.2 Å². The summed E-state index contributed by atoms with van der Waals surface area (Å²) in [5.74, 6) is 2.30. The van der Waals surface area contributed by atoms with Crippen molar-refractivity contribution in [1.29, 1.82) is 0 Å². The average molecular weight is 445 g/mol. The van der Waals surface area contributed by atoms with Crippen molar-refractivity contribution in [2.75, 3.05) is 21.3 Å². The van der Waals surface area contributed by atoms with Gasteiger partial charge in [0.15, 0.2) is 11.5 Å². The van der Waals surface area contributed by atoms with Crippen molar-refractivity contribution < 1.29 is 19.0 Å². The minimum atomic E-state index is -0.143. The van der Waals surface area contributed by atoms with Crippen LogP contribution in [0.2, 0.25) is 0 Å². The largest absolute Gasteiger partial charge is 0.493 e. The van der Waals surface area contributed by atoms with Crippen LogP contribution >= 0.6 is 23.1 Å². The number of nitrogens with zero attached hydrogens (tertiary/aromatic N) is 1. The third kappa shape index (κ3) is 5.46. The van der Waals surface area contributed by atoms with E-state index in [1.165, 1.54) is 0 Å². The number of methoxy groups -OCH3 is 3. The Bertz CT molecular complexity index is 978. The number of aromatic nitrogens is 1. The zero-order chi connectivity index (χ0) is 21.5. The van der Waals surface area contributed by atoms with E-state index in [4.69, 9.17) is 14.2 Å². The van der Waals surface area contributed by atoms with Gasteiger partial charge in [-0.2, -0.15) is 0 Å². The lowest BCUT2D eigenvalue weighted by molar-refractivity contribution is 0.0950. The number of aryl methyl sites for hydroxylation is 1. The number of benzene rings is 2. The zero-order valence-electron chi connectivity index (χ0n) is 17.4. The van der Waals surface area contributed by atoms with Crippen molar-refractivity contribution in [3.63, 3.8) is 0 Å². The molecule has 0 aliphatic heterocycles. The van der Waals surface area contributed by atoms with Crippen LogP contribution in [0, 0.1) is 6.92 Å². The van der Waals surface area contributed by atoms with Gasteiger partial charge in [-0.15, -0.1) is 23.1 Å². The normalized spacial score (nSPS) is 10.5. The minimum absolute atomic E-state index is 0.143. The van der Waals surface area contributed by atoms with Crippen LogP contribution in [0.1, 0.15) is 26.6 Å². The topological polar surface area (TPSA) is 69.7 Å². The predicted molar refractivity (Wildman–Crippen MR) is 120 cm³/mol. The van der Waals surface area contributed by atoms with E-state index in [-0.39, 0.29) is 5.91 Å². The molecule has 3 aromatic rings. The Hall–Kier alpha value is -2.71. The smallest absolute Gasteiger partial charge is 0.251 e. The van der Waals surface area contributed by atoms with E-state index in [0.29, 0.717) is 29.4 Å². The lowest BCUT2D eigenvalue weighted by atomic mass is 10.1. The van der Waals surface area contributed by atoms with Gasteiger partial charge in [0.2, 0.25) is 5.75 Å². The Morgan fingerprint density at radius 2 is 1.73 bits per heavy atom. The summed E-state index contributed by atoms with van der Waals surface area (Å²) in [5, 5.41) is 6.08. The molecule has 0 fully saturated rings. The third-order valence-corrected chi connectivity index (χ3v) is 6.22. The van der Waals surface area contributed by atoms with Crippen LogP contribution in [0.25, 0.3) is 0 Å². The molecule has 8 heteroatoms. The molecular weight excluding hydrogens is 420 g/mol. The van der Waals surface area contributed by atoms with Gasteiger partial charge in [-0.25, -0.2) is 4.98 Å². The minimum Gasteiger partial charge on any atom is -0.493 e. The lowest BCUT2D eigenvalue weighted by Gasteiger charge is -2.14. The van der Waals surface area contributed by atoms with Crippen LogP contribution in [0.5, 0.6) is 17.2 Å². The van der Waals surface area contributed by atoms with Gasteiger partial charge >= 0.3 is 0 Å². The van der Waals surface area contributed by atoms with E-state index < -0.39 is 0 Å². The first-order valence-electron chi connectivity index (χ1n) is 9.25. The molecule has 2 aromatic carbocycles. The number of ether oxygens (including phenoxy) is 3. The summed E-state index contributed by atoms with van der Waals surface area (Å²) in [6, 6.07) is 11.2. The number of thioether (sulfide) groups is 1. The zero-order valence-corrected chi connectivity index (χ0v) is 19.0. The fraction of sp³-hybridized carbons (Fsp3) is 0.273. The summed E-state index contributed by atoms with van der Waals surface area (Å²) in [6.45, 7) is 2.35. The summed E-state index contributed by atoms with van der Waals surface area (Å²) in [6.07, 6.45) is 0. The van der Waals surface area contributed by atoms with E-state index in [1.807, 2.05) is 43.3 Å². The first kappa shape index (κ1) is 22.0. The molecule has 30 heavy (non-hydrogen) atoms. The maximum atomic E-state index is 12.5. The van der Waals surface area contributed by atoms with Gasteiger partial charge in [-0.05, 0) is 48.9 Å². The molecule has 1 heterocycles. The summed E-state index contributed by atoms with van der Waals surface area (Å²) in [4.78, 5) is 18.1. The van der Waals surface area contributed by atoms with Crippen LogP contribution in [0.3, 0.4) is 0 Å². The van der Waals surface area contributed by atoms with Crippen LogP contribution in [-0.4, -0.2) is 32.2 Å². The van der Waals surface area contributed by atoms with Gasteiger partial charge in [0.05, 0.1) is 32.0 Å². The van der Waals surface area contributed by atoms with Gasteiger partial charge in [-0.1, -0.05) is 0 Å². The van der Waals surface area contributed by atoms with Gasteiger partial charge in [-0.3, -0.25) is 4.79 Å². The van der Waals surface area contributed by atoms with Gasteiger partial charge in [0.1, 0.15) is 0 Å². The first-order valence-corrected chi connectivity index (χ1v) is 11.1. The molecule has 0 spiro atoms. The second-order valence-electron chi connectivity index (χ2n) is 6.39. The Morgan fingerprint density at radius 1 is 1.07 bits per heavy atom. The maximum absolute atomic E-state index is 12.5. The Labute approximate surface area is 184 Å². The average Bonchev–Trinajstić information content (AvgIpc) is 3.20. The van der Waals surface area contributed by atoms with E-state index in [9.17, 15) is 4.79 Å². The molecule has 0 atom stereocenters. The Balaban J connectivity index is 1.59. The highest BCUT2D eigenvalue weighted by Gasteiger charge is 2.14. The van der Waals surface area contributed by atoms with Gasteiger partial charge in [0, 0.05) is 28.1 Å². The molecule has 0 aliphatic rings. The van der Waals surface area contributed by atoms with Crippen molar-refractivity contribution >= 4 is 29.0 Å². The molecule has 3 rings (SSSR count). The second-order valence-corrected chi connectivity index (χ2v) is 8.50. The molecule has 0 aliphatic carbocycles. The van der Waals surface area contributed by atoms with Crippen molar-refractivity contribution in [3.05, 3.63) is 63.6 Å². The number of amides is 1. The van der Waals surface area contributed by atoms with Crippen molar-refractivity contribution in [2.24, 2.45) is 0 Å². The Morgan fingerprint density at radius 3 is 2.27 bits per heavy atom. The lowest BCUT2D eigenvalue weighted by Crippen LogP contribution is -2.22. The van der Waals surface area contributed by atoms with Gasteiger partial charge in [0.25, 0.3) is 5.91 Å². The van der Waals surface area contributed by atoms with Crippen molar-refractivity contribution in [2.45, 2.75) is 24.1 Å². The van der Waals surface area contributed by atoms with E-state index in [0.717, 1.165) is 26.9 Å². The quantitative estimate of drug-likeness (QED) is 0.483. The number of rotatable bonds is 9. The molecule has 0 saturated heterocycles. The molecule has 0 bridgehead atoms. The highest BCUT2D eigenvalue weighted by molar-refractivity contribution is 7.98. The Kier molecular flexibility index (Phi) is 7.59. The fourth-order valence-electron chi connectivity index (χ4n) is 2.86. The molecule has 1 N–H and O–H groups in total. The summed E-state index contributed by atoms with van der Waals surface area (Å²) >= 11 is 3.36. The number of carbonyl (C=O) groups excluding carboxylic acids is 1. The second kappa shape index (κ2) is 10.4. The molecular formula is C22H24N2O4S2. The molecule has 6 nitrogen and oxygen atoms in total. The maximum Gasteiger partial charge on any atom is 0.251 e. The number of carbonyl (C=O) groups is 1. The number of nitrogens with one attached hydrogen (secondary N) is 1. The highest BCUT2D eigenvalue weighted by atomic mass is 32.2. The van der Waals surface area contributed by atoms with E-state index in [1.54, 1.807) is 44.4 Å². The third-order valence-electron chi connectivity index (χ3n) is 4.35. The molecule has 158 valence electrons. The number of hydrogen-bond acceptors (Lipinski definition) is 7. The fourth-order valence-corrected chi connectivity index (χ4v) is 4.37. The SMILES string of the molecule is COc1cc(CNC(=O)c2ccc(SCc3csc(C)n3)cc2)cc(OC)c1OC. The first-order chi connectivity index (χ1) is 14.5. The highest BCUT2D eigenvalue weighted by Crippen LogP contribution is 2.38. The van der Waals surface area contributed by atoms with E-state index in [2.05, 4.69) is 15.7 Å². The number of thiazole rings is 1. The monoisotopic (exact) mass is 444 g/mol. The molecule has 1 amide bonds. The van der Waals surface area contributed by atoms with Crippen LogP contribution in [0.4, 0.5) is 0 Å². The molecule has 0 saturated carbocycles. The standard InChI is InChI=1S/C22H24N2O4S2/c1-14-24-17(12-29-14)13-30-18-7-5-16(6-8-18)22(25)23-11-15-9-19(26-2)21(28-4)20(10-15)27-3/h5-10,12H,11,13H2,1-4H3,(H,23,25). The molecule has 0 unspecified atom stereocenters. The summed E-state index contributed by atoms with van der Waals surface area (Å²) in [7, 11) is 4.69. The van der Waals surface area contributed by atoms with E-state index >= 15 is 0 Å². The summed E-state index contributed by atoms with van der Waals surface area (Å²) < 4.78 is 16.0. The summed E-state index contributed by atoms with van der Waals surface area (Å²) in [5.41, 5.74) is 2.54. The van der Waals surface area contributed by atoms with Crippen LogP contribution in [0.15, 0.2) is 46.7 Å². The molecule has 1 aromatic heterocycles. The van der Waals surface area contributed by atoms with Gasteiger partial charge < -0.3 is 19.5 Å². The number of hydrogen-bond donors (Lipinski definition) is 1. The van der Waals surface area contributed by atoms with Crippen LogP contribution < -0.4 is 19.5 Å². The van der Waals surface area contributed by atoms with Crippen molar-refractivity contribution in [1.82, 2.24) is 10.3 Å².